The molecule has 10 aromatic rings. The Hall–Kier alpha value is -6.49. The molecule has 51 heavy (non-hydrogen) atoms. The molecule has 238 valence electrons. The van der Waals surface area contributed by atoms with Crippen molar-refractivity contribution in [2.24, 2.45) is 0 Å². The van der Waals surface area contributed by atoms with E-state index < -0.39 is 0 Å². The maximum atomic E-state index is 5.31. The van der Waals surface area contributed by atoms with E-state index in [1.165, 1.54) is 30.9 Å². The minimum absolute atomic E-state index is 0.691. The minimum atomic E-state index is 0.691. The molecule has 0 spiro atoms. The highest BCUT2D eigenvalue weighted by Crippen LogP contribution is 2.43. The van der Waals surface area contributed by atoms with E-state index in [1.54, 1.807) is 0 Å². The van der Waals surface area contributed by atoms with E-state index in [2.05, 4.69) is 164 Å². The summed E-state index contributed by atoms with van der Waals surface area (Å²) >= 11 is 1.86. The number of pyridine rings is 1. The van der Waals surface area contributed by atoms with Crippen molar-refractivity contribution in [2.75, 3.05) is 0 Å². The number of rotatable bonds is 5. The maximum Gasteiger partial charge on any atom is 0.160 e. The summed E-state index contributed by atoms with van der Waals surface area (Å²) in [6.07, 6.45) is 0. The second-order valence-corrected chi connectivity index (χ2v) is 13.8. The number of para-hydroxylation sites is 1. The van der Waals surface area contributed by atoms with Gasteiger partial charge in [0.25, 0.3) is 0 Å². The lowest BCUT2D eigenvalue weighted by Gasteiger charge is -2.13. The Morgan fingerprint density at radius 1 is 0.353 bits per heavy atom. The van der Waals surface area contributed by atoms with E-state index in [4.69, 9.17) is 15.0 Å². The summed E-state index contributed by atoms with van der Waals surface area (Å²) in [4.78, 5) is 15.6. The number of hydrogen-bond acceptors (Lipinski definition) is 4. The van der Waals surface area contributed by atoms with Crippen LogP contribution in [-0.4, -0.2) is 15.0 Å². The van der Waals surface area contributed by atoms with Crippen molar-refractivity contribution >= 4 is 53.2 Å². The van der Waals surface area contributed by atoms with Crippen LogP contribution in [0.2, 0.25) is 0 Å². The van der Waals surface area contributed by atoms with E-state index in [-0.39, 0.29) is 0 Å². The Morgan fingerprint density at radius 3 is 1.76 bits per heavy atom. The normalized spacial score (nSPS) is 11.5. The molecule has 4 heteroatoms. The molecule has 0 bridgehead atoms. The monoisotopic (exact) mass is 667 g/mol. The Balaban J connectivity index is 1.17. The zero-order valence-corrected chi connectivity index (χ0v) is 28.3. The van der Waals surface area contributed by atoms with E-state index in [9.17, 15) is 0 Å². The van der Waals surface area contributed by atoms with Crippen molar-refractivity contribution in [1.29, 1.82) is 0 Å². The summed E-state index contributed by atoms with van der Waals surface area (Å²) < 4.78 is 2.60. The van der Waals surface area contributed by atoms with Gasteiger partial charge in [0.05, 0.1) is 22.6 Å². The van der Waals surface area contributed by atoms with Crippen molar-refractivity contribution in [3.63, 3.8) is 0 Å². The average Bonchev–Trinajstić information content (AvgIpc) is 3.60. The molecule has 0 saturated heterocycles. The van der Waals surface area contributed by atoms with Gasteiger partial charge in [-0.05, 0) is 41.5 Å². The van der Waals surface area contributed by atoms with Crippen LogP contribution < -0.4 is 0 Å². The van der Waals surface area contributed by atoms with Crippen LogP contribution in [0.3, 0.4) is 0 Å². The van der Waals surface area contributed by atoms with Gasteiger partial charge in [-0.2, -0.15) is 0 Å². The molecule has 3 heterocycles. The third-order valence-corrected chi connectivity index (χ3v) is 10.9. The molecule has 3 nitrogen and oxygen atoms in total. The van der Waals surface area contributed by atoms with Gasteiger partial charge in [0.15, 0.2) is 5.82 Å². The summed E-state index contributed by atoms with van der Waals surface area (Å²) in [6.45, 7) is 0. The molecule has 0 unspecified atom stereocenters. The molecule has 0 saturated carbocycles. The first-order chi connectivity index (χ1) is 25.3. The molecule has 0 fully saturated rings. The molecular formula is C47H29N3S. The standard InChI is InChI=1S/C47H29N3S/c1-3-13-30(14-4-1)32-17-11-20-35(27-32)47-49-41(31-15-5-2-6-16-31)29-42(50-47)33-18-12-19-34(28-33)45-39-26-25-37-36-21-8-10-24-43(36)51-46(37)44(39)38-22-7-9-23-40(38)48-45/h1-29H. The Morgan fingerprint density at radius 2 is 0.941 bits per heavy atom. The SMILES string of the molecule is c1ccc(-c2cccc(-c3nc(-c4ccccc4)cc(-c4cccc(-c5nc6ccccc6c6c5ccc5c7ccccc7sc56)c4)n3)c2)cc1. The van der Waals surface area contributed by atoms with Crippen LogP contribution in [-0.2, 0) is 0 Å². The van der Waals surface area contributed by atoms with Crippen LogP contribution in [0.5, 0.6) is 0 Å². The summed E-state index contributed by atoms with van der Waals surface area (Å²) in [5, 5.41) is 6.17. The lowest BCUT2D eigenvalue weighted by Crippen LogP contribution is -1.96. The topological polar surface area (TPSA) is 38.7 Å². The fourth-order valence-electron chi connectivity index (χ4n) is 7.21. The lowest BCUT2D eigenvalue weighted by molar-refractivity contribution is 1.18. The van der Waals surface area contributed by atoms with E-state index in [0.29, 0.717) is 5.82 Å². The quantitative estimate of drug-likeness (QED) is 0.171. The van der Waals surface area contributed by atoms with Crippen molar-refractivity contribution in [2.45, 2.75) is 0 Å². The van der Waals surface area contributed by atoms with Crippen molar-refractivity contribution in [1.82, 2.24) is 15.0 Å². The van der Waals surface area contributed by atoms with Crippen LogP contribution in [0.4, 0.5) is 0 Å². The van der Waals surface area contributed by atoms with Gasteiger partial charge in [-0.3, -0.25) is 0 Å². The van der Waals surface area contributed by atoms with Crippen molar-refractivity contribution in [3.8, 4) is 56.3 Å². The molecule has 0 radical (unpaired) electrons. The molecule has 0 aliphatic rings. The molecule has 0 N–H and O–H groups in total. The maximum absolute atomic E-state index is 5.31. The number of hydrogen-bond donors (Lipinski definition) is 0. The number of thiophene rings is 1. The zero-order valence-electron chi connectivity index (χ0n) is 27.5. The van der Waals surface area contributed by atoms with Crippen molar-refractivity contribution < 1.29 is 0 Å². The second kappa shape index (κ2) is 12.1. The Labute approximate surface area is 299 Å². The number of benzene rings is 7. The molecule has 0 aliphatic heterocycles. The highest BCUT2D eigenvalue weighted by Gasteiger charge is 2.17. The molecule has 7 aromatic carbocycles. The Bertz CT molecular complexity index is 2910. The number of fused-ring (bicyclic) bond motifs is 7. The molecule has 0 aliphatic carbocycles. The first kappa shape index (κ1) is 29.4. The highest BCUT2D eigenvalue weighted by molar-refractivity contribution is 7.26. The van der Waals surface area contributed by atoms with E-state index in [1.807, 2.05) is 23.5 Å². The third kappa shape index (κ3) is 5.16. The van der Waals surface area contributed by atoms with Gasteiger partial charge >= 0.3 is 0 Å². The minimum Gasteiger partial charge on any atom is -0.247 e. The van der Waals surface area contributed by atoms with Gasteiger partial charge in [0.2, 0.25) is 0 Å². The number of aromatic nitrogens is 3. The van der Waals surface area contributed by atoms with E-state index >= 15 is 0 Å². The first-order valence-corrected chi connectivity index (χ1v) is 17.9. The summed E-state index contributed by atoms with van der Waals surface area (Å²) in [5.41, 5.74) is 10.1. The van der Waals surface area contributed by atoms with Gasteiger partial charge in [0, 0.05) is 58.6 Å². The van der Waals surface area contributed by atoms with Crippen LogP contribution in [0.1, 0.15) is 0 Å². The predicted molar refractivity (Wildman–Crippen MR) is 215 cm³/mol. The smallest absolute Gasteiger partial charge is 0.160 e. The predicted octanol–water partition coefficient (Wildman–Crippen LogP) is 12.9. The fraction of sp³-hybridized carbons (Fsp3) is 0. The Kier molecular flexibility index (Phi) is 7.00. The van der Waals surface area contributed by atoms with Crippen LogP contribution in [0, 0.1) is 0 Å². The van der Waals surface area contributed by atoms with Gasteiger partial charge < -0.3 is 0 Å². The third-order valence-electron chi connectivity index (χ3n) is 9.66. The highest BCUT2D eigenvalue weighted by atomic mass is 32.1. The van der Waals surface area contributed by atoms with Gasteiger partial charge in [-0.25, -0.2) is 15.0 Å². The molecule has 0 amide bonds. The van der Waals surface area contributed by atoms with Crippen LogP contribution >= 0.6 is 11.3 Å². The van der Waals surface area contributed by atoms with Crippen molar-refractivity contribution in [3.05, 3.63) is 176 Å². The summed E-state index contributed by atoms with van der Waals surface area (Å²) in [7, 11) is 0. The summed E-state index contributed by atoms with van der Waals surface area (Å²) in [5.74, 6) is 0.691. The molecular weight excluding hydrogens is 639 g/mol. The van der Waals surface area contributed by atoms with Gasteiger partial charge in [-0.1, -0.05) is 146 Å². The first-order valence-electron chi connectivity index (χ1n) is 17.1. The van der Waals surface area contributed by atoms with Crippen LogP contribution in [0.25, 0.3) is 98.1 Å². The largest absolute Gasteiger partial charge is 0.247 e. The van der Waals surface area contributed by atoms with Crippen LogP contribution in [0.15, 0.2) is 176 Å². The fourth-order valence-corrected chi connectivity index (χ4v) is 8.48. The van der Waals surface area contributed by atoms with Gasteiger partial charge in [-0.15, -0.1) is 11.3 Å². The zero-order chi connectivity index (χ0) is 33.7. The van der Waals surface area contributed by atoms with E-state index in [0.717, 1.165) is 61.4 Å². The molecule has 0 atom stereocenters. The lowest BCUT2D eigenvalue weighted by atomic mass is 9.96. The summed E-state index contributed by atoms with van der Waals surface area (Å²) in [6, 6.07) is 61.8. The van der Waals surface area contributed by atoms with Gasteiger partial charge in [0.1, 0.15) is 0 Å². The number of nitrogens with zero attached hydrogens (tertiary/aromatic N) is 3. The molecule has 10 rings (SSSR count). The average molecular weight is 668 g/mol. The second-order valence-electron chi connectivity index (χ2n) is 12.8. The molecule has 3 aromatic heterocycles.